The molecule has 0 heterocycles. The van der Waals surface area contributed by atoms with Crippen molar-refractivity contribution < 1.29 is 14.6 Å². The van der Waals surface area contributed by atoms with Crippen LogP contribution in [0.5, 0.6) is 11.5 Å². The molecular formula is C15H14ClNO3. The van der Waals surface area contributed by atoms with Crippen LogP contribution in [0.1, 0.15) is 21.5 Å². The zero-order valence-electron chi connectivity index (χ0n) is 11.1. The quantitative estimate of drug-likeness (QED) is 0.837. The molecule has 3 N–H and O–H groups in total. The lowest BCUT2D eigenvalue weighted by Gasteiger charge is -2.12. The minimum atomic E-state index is -1.08. The van der Waals surface area contributed by atoms with Gasteiger partial charge in [-0.15, -0.1) is 0 Å². The van der Waals surface area contributed by atoms with E-state index in [9.17, 15) is 4.79 Å². The lowest BCUT2D eigenvalue weighted by Crippen LogP contribution is -2.04. The third-order valence-corrected chi connectivity index (χ3v) is 3.19. The summed E-state index contributed by atoms with van der Waals surface area (Å²) in [5.41, 5.74) is 7.55. The highest BCUT2D eigenvalue weighted by molar-refractivity contribution is 6.30. The fraction of sp³-hybridized carbons (Fsp3) is 0.133. The SMILES string of the molecule is Cc1cc(Cl)ccc1Oc1cc(C)c(N)c(C(=O)O)c1. The first-order valence-electron chi connectivity index (χ1n) is 5.96. The lowest BCUT2D eigenvalue weighted by atomic mass is 10.1. The van der Waals surface area contributed by atoms with Gasteiger partial charge in [-0.3, -0.25) is 0 Å². The van der Waals surface area contributed by atoms with Crippen LogP contribution >= 0.6 is 11.6 Å². The van der Waals surface area contributed by atoms with Crippen molar-refractivity contribution in [3.8, 4) is 11.5 Å². The Kier molecular flexibility index (Phi) is 3.86. The summed E-state index contributed by atoms with van der Waals surface area (Å²) in [7, 11) is 0. The molecule has 2 aromatic rings. The first-order valence-corrected chi connectivity index (χ1v) is 6.33. The van der Waals surface area contributed by atoms with E-state index in [0.29, 0.717) is 22.1 Å². The molecule has 4 nitrogen and oxygen atoms in total. The Morgan fingerprint density at radius 2 is 1.90 bits per heavy atom. The van der Waals surface area contributed by atoms with E-state index in [1.54, 1.807) is 31.2 Å². The van der Waals surface area contributed by atoms with Crippen molar-refractivity contribution in [2.24, 2.45) is 0 Å². The Hall–Kier alpha value is -2.20. The van der Waals surface area contributed by atoms with E-state index in [-0.39, 0.29) is 11.3 Å². The molecule has 0 fully saturated rings. The van der Waals surface area contributed by atoms with Gasteiger partial charge in [-0.25, -0.2) is 4.79 Å². The average Bonchev–Trinajstić information content (AvgIpc) is 2.36. The van der Waals surface area contributed by atoms with Gasteiger partial charge in [-0.1, -0.05) is 11.6 Å². The molecule has 0 aliphatic heterocycles. The zero-order chi connectivity index (χ0) is 14.9. The van der Waals surface area contributed by atoms with Crippen LogP contribution in [0.2, 0.25) is 5.02 Å². The van der Waals surface area contributed by atoms with Crippen LogP contribution in [0.4, 0.5) is 5.69 Å². The maximum atomic E-state index is 11.1. The van der Waals surface area contributed by atoms with E-state index < -0.39 is 5.97 Å². The molecule has 0 amide bonds. The molecule has 0 aromatic heterocycles. The number of carboxylic acids is 1. The molecule has 2 rings (SSSR count). The van der Waals surface area contributed by atoms with Crippen molar-refractivity contribution in [3.63, 3.8) is 0 Å². The smallest absolute Gasteiger partial charge is 0.337 e. The van der Waals surface area contributed by atoms with Gasteiger partial charge in [0, 0.05) is 10.7 Å². The molecule has 2 aromatic carbocycles. The number of hydrogen-bond donors (Lipinski definition) is 2. The van der Waals surface area contributed by atoms with E-state index in [0.717, 1.165) is 5.56 Å². The monoisotopic (exact) mass is 291 g/mol. The maximum Gasteiger partial charge on any atom is 0.337 e. The third-order valence-electron chi connectivity index (χ3n) is 2.96. The second kappa shape index (κ2) is 5.43. The normalized spacial score (nSPS) is 10.3. The Morgan fingerprint density at radius 3 is 2.50 bits per heavy atom. The minimum absolute atomic E-state index is 0.0339. The van der Waals surface area contributed by atoms with Gasteiger partial charge in [0.25, 0.3) is 0 Å². The van der Waals surface area contributed by atoms with Gasteiger partial charge in [0.05, 0.1) is 5.56 Å². The maximum absolute atomic E-state index is 11.1. The van der Waals surface area contributed by atoms with Crippen LogP contribution in [-0.4, -0.2) is 11.1 Å². The number of aromatic carboxylic acids is 1. The summed E-state index contributed by atoms with van der Waals surface area (Å²) in [5, 5.41) is 9.74. The van der Waals surface area contributed by atoms with Gasteiger partial charge in [-0.05, 0) is 55.3 Å². The molecule has 0 bridgehead atoms. The van der Waals surface area contributed by atoms with Crippen molar-refractivity contribution >= 4 is 23.3 Å². The van der Waals surface area contributed by atoms with Crippen LogP contribution in [-0.2, 0) is 0 Å². The topological polar surface area (TPSA) is 72.5 Å². The molecule has 0 saturated heterocycles. The molecule has 0 saturated carbocycles. The van der Waals surface area contributed by atoms with Gasteiger partial charge in [-0.2, -0.15) is 0 Å². The van der Waals surface area contributed by atoms with Gasteiger partial charge in [0.2, 0.25) is 0 Å². The largest absolute Gasteiger partial charge is 0.478 e. The number of ether oxygens (including phenoxy) is 1. The molecule has 0 aliphatic carbocycles. The summed E-state index contributed by atoms with van der Waals surface area (Å²) in [6, 6.07) is 8.35. The van der Waals surface area contributed by atoms with Crippen LogP contribution < -0.4 is 10.5 Å². The average molecular weight is 292 g/mol. The molecular weight excluding hydrogens is 278 g/mol. The number of hydrogen-bond acceptors (Lipinski definition) is 3. The Labute approximate surface area is 121 Å². The molecule has 5 heteroatoms. The number of aryl methyl sites for hydroxylation is 2. The zero-order valence-corrected chi connectivity index (χ0v) is 11.9. The third kappa shape index (κ3) is 2.86. The second-order valence-corrected chi connectivity index (χ2v) is 4.95. The standard InChI is InChI=1S/C15H14ClNO3/c1-8-5-10(16)3-4-13(8)20-11-6-9(2)14(17)12(7-11)15(18)19/h3-7H,17H2,1-2H3,(H,18,19). The van der Waals surface area contributed by atoms with Crippen LogP contribution in [0.3, 0.4) is 0 Å². The highest BCUT2D eigenvalue weighted by Crippen LogP contribution is 2.31. The molecule has 0 unspecified atom stereocenters. The molecule has 0 radical (unpaired) electrons. The lowest BCUT2D eigenvalue weighted by molar-refractivity contribution is 0.0697. The fourth-order valence-electron chi connectivity index (χ4n) is 1.86. The van der Waals surface area contributed by atoms with Crippen molar-refractivity contribution in [1.29, 1.82) is 0 Å². The molecule has 0 atom stereocenters. The van der Waals surface area contributed by atoms with Gasteiger partial charge < -0.3 is 15.6 Å². The van der Waals surface area contributed by atoms with Crippen LogP contribution in [0.25, 0.3) is 0 Å². The Bertz CT molecular complexity index is 683. The summed E-state index contributed by atoms with van der Waals surface area (Å²) in [6.07, 6.45) is 0. The molecule has 20 heavy (non-hydrogen) atoms. The molecule has 0 spiro atoms. The van der Waals surface area contributed by atoms with Gasteiger partial charge in [0.15, 0.2) is 0 Å². The van der Waals surface area contributed by atoms with Crippen molar-refractivity contribution in [3.05, 3.63) is 52.0 Å². The number of nitrogen functional groups attached to an aromatic ring is 1. The predicted molar refractivity (Wildman–Crippen MR) is 78.8 cm³/mol. The highest BCUT2D eigenvalue weighted by Gasteiger charge is 2.13. The van der Waals surface area contributed by atoms with Crippen molar-refractivity contribution in [1.82, 2.24) is 0 Å². The van der Waals surface area contributed by atoms with E-state index in [1.807, 2.05) is 6.92 Å². The number of nitrogens with two attached hydrogens (primary N) is 1. The number of halogens is 1. The number of anilines is 1. The number of rotatable bonds is 3. The number of carbonyl (C=O) groups is 1. The summed E-state index contributed by atoms with van der Waals surface area (Å²) < 4.78 is 5.71. The number of benzene rings is 2. The van der Waals surface area contributed by atoms with Crippen molar-refractivity contribution in [2.45, 2.75) is 13.8 Å². The number of carboxylic acid groups (broad SMARTS) is 1. The van der Waals surface area contributed by atoms with Crippen LogP contribution in [0.15, 0.2) is 30.3 Å². The predicted octanol–water partition coefficient (Wildman–Crippen LogP) is 4.03. The summed E-state index contributed by atoms with van der Waals surface area (Å²) in [5.74, 6) is -0.0293. The molecule has 104 valence electrons. The van der Waals surface area contributed by atoms with E-state index >= 15 is 0 Å². The molecule has 0 aliphatic rings. The Balaban J connectivity index is 2.41. The van der Waals surface area contributed by atoms with Crippen molar-refractivity contribution in [2.75, 3.05) is 5.73 Å². The first-order chi connectivity index (χ1) is 9.38. The summed E-state index contributed by atoms with van der Waals surface area (Å²) >= 11 is 5.88. The minimum Gasteiger partial charge on any atom is -0.478 e. The Morgan fingerprint density at radius 1 is 1.20 bits per heavy atom. The van der Waals surface area contributed by atoms with Gasteiger partial charge in [0.1, 0.15) is 11.5 Å². The summed E-state index contributed by atoms with van der Waals surface area (Å²) in [4.78, 5) is 11.1. The highest BCUT2D eigenvalue weighted by atomic mass is 35.5. The van der Waals surface area contributed by atoms with E-state index in [2.05, 4.69) is 0 Å². The second-order valence-electron chi connectivity index (χ2n) is 4.52. The van der Waals surface area contributed by atoms with Crippen LogP contribution in [0, 0.1) is 13.8 Å². The van der Waals surface area contributed by atoms with Gasteiger partial charge >= 0.3 is 5.97 Å². The summed E-state index contributed by atoms with van der Waals surface area (Å²) in [6.45, 7) is 3.60. The first kappa shape index (κ1) is 14.2. The van der Waals surface area contributed by atoms with E-state index in [4.69, 9.17) is 27.2 Å². The fourth-order valence-corrected chi connectivity index (χ4v) is 2.08. The van der Waals surface area contributed by atoms with E-state index in [1.165, 1.54) is 6.07 Å².